The average molecular weight is 946 g/mol. The van der Waals surface area contributed by atoms with Crippen molar-refractivity contribution in [2.75, 3.05) is 44.6 Å². The minimum atomic E-state index is -0.537. The summed E-state index contributed by atoms with van der Waals surface area (Å²) < 4.78 is 34.5. The van der Waals surface area contributed by atoms with Crippen molar-refractivity contribution in [3.8, 4) is 17.2 Å². The zero-order valence-electron chi connectivity index (χ0n) is 39.1. The number of ether oxygens (including phenoxy) is 6. The summed E-state index contributed by atoms with van der Waals surface area (Å²) in [6.45, 7) is 11.6. The first-order valence-electron chi connectivity index (χ1n) is 23.5. The lowest BCUT2D eigenvalue weighted by atomic mass is 10.1. The third-order valence-corrected chi connectivity index (χ3v) is 11.6. The van der Waals surface area contributed by atoms with Crippen LogP contribution in [-0.2, 0) is 30.2 Å². The Labute approximate surface area is 403 Å². The largest absolute Gasteiger partial charge is 0.494 e. The number of esters is 4. The molecule has 4 aromatic carbocycles. The van der Waals surface area contributed by atoms with E-state index in [1.54, 1.807) is 72.1 Å². The highest BCUT2D eigenvalue weighted by atomic mass is 32.1. The SMILES string of the molecule is C=CC(=O)OCCCCCCOc1ccc(C(=O)OCCc2ccc(OC(=O)c3ccc(OCCCCCCOC(=O)C=C)cc3)c(/C=N/N(CCCCCC)c3nc4ccccc4s3)c2)cc1. The predicted octanol–water partition coefficient (Wildman–Crippen LogP) is 11.7. The van der Waals surface area contributed by atoms with Gasteiger partial charge in [-0.3, -0.25) is 0 Å². The maximum Gasteiger partial charge on any atom is 0.343 e. The zero-order valence-corrected chi connectivity index (χ0v) is 39.9. The molecule has 0 aliphatic carbocycles. The van der Waals surface area contributed by atoms with Crippen LogP contribution >= 0.6 is 11.3 Å². The van der Waals surface area contributed by atoms with E-state index in [1.807, 2.05) is 41.4 Å². The molecule has 0 N–H and O–H groups in total. The van der Waals surface area contributed by atoms with Gasteiger partial charge < -0.3 is 28.4 Å². The van der Waals surface area contributed by atoms with E-state index >= 15 is 0 Å². The van der Waals surface area contributed by atoms with E-state index in [4.69, 9.17) is 38.5 Å². The van der Waals surface area contributed by atoms with Crippen LogP contribution in [0.25, 0.3) is 10.2 Å². The second-order valence-electron chi connectivity index (χ2n) is 15.9. The summed E-state index contributed by atoms with van der Waals surface area (Å²) in [5.74, 6) is -0.184. The first kappa shape index (κ1) is 52.2. The molecule has 0 saturated heterocycles. The molecule has 0 aliphatic heterocycles. The Hall–Kier alpha value is -6.80. The third kappa shape index (κ3) is 18.5. The summed E-state index contributed by atoms with van der Waals surface area (Å²) in [5.41, 5.74) is 3.10. The number of hydrogen-bond donors (Lipinski definition) is 0. The van der Waals surface area contributed by atoms with Crippen LogP contribution in [0.5, 0.6) is 17.2 Å². The molecule has 0 amide bonds. The predicted molar refractivity (Wildman–Crippen MR) is 267 cm³/mol. The van der Waals surface area contributed by atoms with Gasteiger partial charge >= 0.3 is 23.9 Å². The molecule has 68 heavy (non-hydrogen) atoms. The number of rotatable bonds is 32. The van der Waals surface area contributed by atoms with Crippen molar-refractivity contribution in [3.05, 3.63) is 139 Å². The quantitative estimate of drug-likeness (QED) is 0.00767. The summed E-state index contributed by atoms with van der Waals surface area (Å²) >= 11 is 1.57. The Morgan fingerprint density at radius 1 is 0.632 bits per heavy atom. The first-order chi connectivity index (χ1) is 33.3. The normalized spacial score (nSPS) is 11.0. The van der Waals surface area contributed by atoms with Crippen LogP contribution in [0.2, 0.25) is 0 Å². The standard InChI is InChI=1S/C54H63N3O10S/c1-4-7-8-15-33-57(54-56-47-20-13-14-21-49(47)68-54)55-40-44-39-41(32-38-66-52(60)42-23-27-45(28-24-42)62-34-16-9-11-18-36-64-50(58)5-2)22-31-48(44)67-53(61)43-25-29-46(30-26-43)63-35-17-10-12-19-37-65-51(59)6-3/h5-6,13-14,20-31,39-40H,2-4,7-12,15-19,32-38H2,1H3/b55-40+. The smallest absolute Gasteiger partial charge is 0.343 e. The molecule has 13 nitrogen and oxygen atoms in total. The van der Waals surface area contributed by atoms with Crippen LogP contribution < -0.4 is 19.2 Å². The molecule has 0 radical (unpaired) electrons. The fourth-order valence-corrected chi connectivity index (χ4v) is 7.73. The number of carbonyl (C=O) groups is 4. The maximum atomic E-state index is 13.6. The van der Waals surface area contributed by atoms with E-state index in [9.17, 15) is 19.2 Å². The Morgan fingerprint density at radius 2 is 1.21 bits per heavy atom. The van der Waals surface area contributed by atoms with Gasteiger partial charge in [0.15, 0.2) is 0 Å². The van der Waals surface area contributed by atoms with Crippen molar-refractivity contribution in [3.63, 3.8) is 0 Å². The topological polar surface area (TPSA) is 152 Å². The lowest BCUT2D eigenvalue weighted by molar-refractivity contribution is -0.138. The molecule has 0 unspecified atom stereocenters. The van der Waals surface area contributed by atoms with E-state index in [0.29, 0.717) is 73.3 Å². The average Bonchev–Trinajstić information content (AvgIpc) is 3.80. The van der Waals surface area contributed by atoms with Crippen molar-refractivity contribution < 1.29 is 47.6 Å². The minimum absolute atomic E-state index is 0.122. The van der Waals surface area contributed by atoms with Crippen molar-refractivity contribution in [2.45, 2.75) is 90.4 Å². The molecule has 1 aromatic heterocycles. The molecule has 0 spiro atoms. The van der Waals surface area contributed by atoms with E-state index in [-0.39, 0.29) is 6.61 Å². The van der Waals surface area contributed by atoms with Crippen LogP contribution in [0.3, 0.4) is 0 Å². The Morgan fingerprint density at radius 3 is 1.79 bits per heavy atom. The van der Waals surface area contributed by atoms with Gasteiger partial charge in [-0.15, -0.1) is 0 Å². The summed E-state index contributed by atoms with van der Waals surface area (Å²) in [6.07, 6.45) is 15.6. The second-order valence-corrected chi connectivity index (χ2v) is 16.9. The van der Waals surface area contributed by atoms with Gasteiger partial charge in [0.05, 0.1) is 60.6 Å². The van der Waals surface area contributed by atoms with Crippen molar-refractivity contribution >= 4 is 56.8 Å². The van der Waals surface area contributed by atoms with Crippen LogP contribution in [-0.4, -0.2) is 74.7 Å². The van der Waals surface area contributed by atoms with Gasteiger partial charge in [0.25, 0.3) is 0 Å². The summed E-state index contributed by atoms with van der Waals surface area (Å²) in [4.78, 5) is 53.8. The van der Waals surface area contributed by atoms with Crippen LogP contribution in [0.15, 0.2) is 121 Å². The van der Waals surface area contributed by atoms with E-state index in [0.717, 1.165) is 110 Å². The third-order valence-electron chi connectivity index (χ3n) is 10.6. The molecule has 0 fully saturated rings. The number of hydrogen-bond acceptors (Lipinski definition) is 14. The highest BCUT2D eigenvalue weighted by Crippen LogP contribution is 2.30. The molecule has 14 heteroatoms. The number of unbranched alkanes of at least 4 members (excludes halogenated alkanes) is 9. The Kier molecular flexibility index (Phi) is 22.8. The van der Waals surface area contributed by atoms with E-state index in [2.05, 4.69) is 20.1 Å². The van der Waals surface area contributed by atoms with Crippen molar-refractivity contribution in [2.24, 2.45) is 5.10 Å². The van der Waals surface area contributed by atoms with Crippen LogP contribution in [0.4, 0.5) is 5.13 Å². The zero-order chi connectivity index (χ0) is 48.2. The molecule has 0 bridgehead atoms. The fourth-order valence-electron chi connectivity index (χ4n) is 6.78. The number of benzene rings is 4. The summed E-state index contributed by atoms with van der Waals surface area (Å²) in [7, 11) is 0. The number of fused-ring (bicyclic) bond motifs is 1. The summed E-state index contributed by atoms with van der Waals surface area (Å²) in [6, 6.07) is 27.2. The monoisotopic (exact) mass is 945 g/mol. The number of carbonyl (C=O) groups excluding carboxylic acids is 4. The Bertz CT molecular complexity index is 2360. The molecular weight excluding hydrogens is 883 g/mol. The number of para-hydroxylation sites is 1. The molecule has 0 atom stereocenters. The van der Waals surface area contributed by atoms with Gasteiger partial charge in [0.2, 0.25) is 5.13 Å². The highest BCUT2D eigenvalue weighted by Gasteiger charge is 2.16. The fraction of sp³-hybridized carbons (Fsp3) is 0.370. The van der Waals surface area contributed by atoms with Gasteiger partial charge in [-0.1, -0.05) is 68.9 Å². The lowest BCUT2D eigenvalue weighted by Crippen LogP contribution is -2.18. The Balaban J connectivity index is 1.19. The van der Waals surface area contributed by atoms with E-state index in [1.165, 1.54) is 0 Å². The molecule has 0 aliphatic rings. The van der Waals surface area contributed by atoms with Crippen molar-refractivity contribution in [1.29, 1.82) is 0 Å². The van der Waals surface area contributed by atoms with Crippen molar-refractivity contribution in [1.82, 2.24) is 4.98 Å². The molecule has 1 heterocycles. The number of anilines is 1. The van der Waals surface area contributed by atoms with Gasteiger partial charge in [0, 0.05) is 30.7 Å². The lowest BCUT2D eigenvalue weighted by Gasteiger charge is -2.16. The maximum absolute atomic E-state index is 13.6. The van der Waals surface area contributed by atoms with Crippen LogP contribution in [0, 0.1) is 0 Å². The van der Waals surface area contributed by atoms with E-state index < -0.39 is 23.9 Å². The van der Waals surface area contributed by atoms with Gasteiger partial charge in [-0.2, -0.15) is 5.10 Å². The number of nitrogens with zero attached hydrogens (tertiary/aromatic N) is 3. The number of aromatic nitrogens is 1. The molecule has 5 rings (SSSR count). The second kappa shape index (κ2) is 29.8. The first-order valence-corrected chi connectivity index (χ1v) is 24.3. The number of thiazole rings is 1. The molecule has 5 aromatic rings. The van der Waals surface area contributed by atoms with Gasteiger partial charge in [0.1, 0.15) is 17.2 Å². The highest BCUT2D eigenvalue weighted by molar-refractivity contribution is 7.22. The molecular formula is C54H63N3O10S. The minimum Gasteiger partial charge on any atom is -0.494 e. The van der Waals surface area contributed by atoms with Gasteiger partial charge in [-0.25, -0.2) is 29.2 Å². The van der Waals surface area contributed by atoms with Crippen LogP contribution in [0.1, 0.15) is 116 Å². The summed E-state index contributed by atoms with van der Waals surface area (Å²) in [5, 5.41) is 7.61. The molecule has 360 valence electrons. The number of hydrazone groups is 1. The van der Waals surface area contributed by atoms with Gasteiger partial charge in [-0.05, 0) is 136 Å². The molecule has 0 saturated carbocycles.